The highest BCUT2D eigenvalue weighted by molar-refractivity contribution is 5.53. The highest BCUT2D eigenvalue weighted by atomic mass is 15.3. The molecule has 0 radical (unpaired) electrons. The van der Waals surface area contributed by atoms with E-state index < -0.39 is 0 Å². The van der Waals surface area contributed by atoms with Crippen molar-refractivity contribution in [3.8, 4) is 0 Å². The molecule has 4 heteroatoms. The molecule has 19 heavy (non-hydrogen) atoms. The second kappa shape index (κ2) is 5.10. The first-order valence-corrected chi connectivity index (χ1v) is 7.32. The summed E-state index contributed by atoms with van der Waals surface area (Å²) >= 11 is 0. The van der Waals surface area contributed by atoms with Crippen molar-refractivity contribution in [2.45, 2.75) is 39.3 Å². The lowest BCUT2D eigenvalue weighted by Gasteiger charge is -2.37. The van der Waals surface area contributed by atoms with Crippen LogP contribution in [0, 0.1) is 13.8 Å². The molecular weight excluding hydrogens is 236 g/mol. The fourth-order valence-electron chi connectivity index (χ4n) is 3.36. The van der Waals surface area contributed by atoms with E-state index >= 15 is 0 Å². The van der Waals surface area contributed by atoms with Gasteiger partial charge in [-0.2, -0.15) is 0 Å². The molecule has 1 unspecified atom stereocenters. The molecule has 0 spiro atoms. The molecule has 0 bridgehead atoms. The SMILES string of the molecule is Cc1cnc(CN2CCN3CCCC3C2)c(C)c1N. The number of nitrogen functional groups attached to an aromatic ring is 1. The van der Waals surface area contributed by atoms with Gasteiger partial charge in [0, 0.05) is 44.1 Å². The summed E-state index contributed by atoms with van der Waals surface area (Å²) in [5, 5.41) is 0. The first-order chi connectivity index (χ1) is 9.15. The van der Waals surface area contributed by atoms with Gasteiger partial charge in [0.05, 0.1) is 5.69 Å². The summed E-state index contributed by atoms with van der Waals surface area (Å²) in [7, 11) is 0. The second-order valence-corrected chi connectivity index (χ2v) is 5.99. The van der Waals surface area contributed by atoms with Crippen LogP contribution in [0.1, 0.15) is 29.7 Å². The third kappa shape index (κ3) is 2.47. The molecule has 0 saturated carbocycles. The van der Waals surface area contributed by atoms with Gasteiger partial charge >= 0.3 is 0 Å². The standard InChI is InChI=1S/C15H24N4/c1-11-8-17-14(12(2)15(11)16)10-18-6-7-19-5-3-4-13(19)9-18/h8,13H,3-7,9-10H2,1-2H3,(H2,16,17). The molecule has 3 rings (SSSR count). The van der Waals surface area contributed by atoms with Gasteiger partial charge in [0.1, 0.15) is 0 Å². The molecule has 1 aromatic rings. The van der Waals surface area contributed by atoms with Gasteiger partial charge < -0.3 is 5.73 Å². The maximum Gasteiger partial charge on any atom is 0.0593 e. The van der Waals surface area contributed by atoms with Gasteiger partial charge in [-0.1, -0.05) is 0 Å². The Morgan fingerprint density at radius 3 is 3.00 bits per heavy atom. The predicted octanol–water partition coefficient (Wildman–Crippen LogP) is 1.56. The summed E-state index contributed by atoms with van der Waals surface area (Å²) in [6.45, 7) is 9.92. The van der Waals surface area contributed by atoms with Crippen LogP contribution in [0.25, 0.3) is 0 Å². The average molecular weight is 260 g/mol. The number of hydrogen-bond acceptors (Lipinski definition) is 4. The summed E-state index contributed by atoms with van der Waals surface area (Å²) in [6.07, 6.45) is 4.63. The maximum absolute atomic E-state index is 6.11. The minimum atomic E-state index is 0.775. The van der Waals surface area contributed by atoms with Crippen molar-refractivity contribution in [1.82, 2.24) is 14.8 Å². The van der Waals surface area contributed by atoms with Crippen LogP contribution in [-0.4, -0.2) is 47.0 Å². The normalized spacial score (nSPS) is 24.6. The zero-order chi connectivity index (χ0) is 13.4. The van der Waals surface area contributed by atoms with Crippen molar-refractivity contribution in [3.63, 3.8) is 0 Å². The van der Waals surface area contributed by atoms with Crippen LogP contribution < -0.4 is 5.73 Å². The topological polar surface area (TPSA) is 45.4 Å². The highest BCUT2D eigenvalue weighted by Crippen LogP contribution is 2.24. The number of rotatable bonds is 2. The molecule has 2 aliphatic heterocycles. The Morgan fingerprint density at radius 1 is 1.32 bits per heavy atom. The van der Waals surface area contributed by atoms with E-state index in [-0.39, 0.29) is 0 Å². The first-order valence-electron chi connectivity index (χ1n) is 7.32. The minimum absolute atomic E-state index is 0.775. The molecule has 1 aromatic heterocycles. The third-order valence-corrected chi connectivity index (χ3v) is 4.72. The number of nitrogens with zero attached hydrogens (tertiary/aromatic N) is 3. The van der Waals surface area contributed by atoms with Crippen molar-refractivity contribution in [1.29, 1.82) is 0 Å². The number of piperazine rings is 1. The summed E-state index contributed by atoms with van der Waals surface area (Å²) < 4.78 is 0. The molecule has 104 valence electrons. The Hall–Kier alpha value is -1.13. The molecule has 3 heterocycles. The third-order valence-electron chi connectivity index (χ3n) is 4.72. The molecular formula is C15H24N4. The lowest BCUT2D eigenvalue weighted by Crippen LogP contribution is -2.49. The average Bonchev–Trinajstić information content (AvgIpc) is 2.87. The van der Waals surface area contributed by atoms with Gasteiger partial charge in [-0.25, -0.2) is 0 Å². The van der Waals surface area contributed by atoms with Crippen LogP contribution in [-0.2, 0) is 6.54 Å². The van der Waals surface area contributed by atoms with E-state index in [9.17, 15) is 0 Å². The van der Waals surface area contributed by atoms with Crippen molar-refractivity contribution in [3.05, 3.63) is 23.0 Å². The summed E-state index contributed by atoms with van der Waals surface area (Å²) in [5.41, 5.74) is 10.4. The van der Waals surface area contributed by atoms with Crippen LogP contribution in [0.5, 0.6) is 0 Å². The number of anilines is 1. The Morgan fingerprint density at radius 2 is 2.16 bits per heavy atom. The number of fused-ring (bicyclic) bond motifs is 1. The molecule has 2 fully saturated rings. The van der Waals surface area contributed by atoms with E-state index in [1.54, 1.807) is 0 Å². The fourth-order valence-corrected chi connectivity index (χ4v) is 3.36. The molecule has 2 saturated heterocycles. The quantitative estimate of drug-likeness (QED) is 0.876. The first kappa shape index (κ1) is 12.9. The van der Waals surface area contributed by atoms with E-state index in [4.69, 9.17) is 5.73 Å². The number of aryl methyl sites for hydroxylation is 1. The van der Waals surface area contributed by atoms with E-state index in [0.29, 0.717) is 0 Å². The molecule has 0 aliphatic carbocycles. The summed E-state index contributed by atoms with van der Waals surface area (Å²) in [4.78, 5) is 9.76. The highest BCUT2D eigenvalue weighted by Gasteiger charge is 2.30. The molecule has 2 aliphatic rings. The molecule has 4 nitrogen and oxygen atoms in total. The van der Waals surface area contributed by atoms with Gasteiger partial charge in [-0.05, 0) is 44.4 Å². The Balaban J connectivity index is 1.70. The smallest absolute Gasteiger partial charge is 0.0593 e. The van der Waals surface area contributed by atoms with Crippen molar-refractivity contribution >= 4 is 5.69 Å². The lowest BCUT2D eigenvalue weighted by molar-refractivity contribution is 0.0983. The maximum atomic E-state index is 6.11. The van der Waals surface area contributed by atoms with Gasteiger partial charge in [-0.15, -0.1) is 0 Å². The number of aromatic nitrogens is 1. The molecule has 0 aromatic carbocycles. The van der Waals surface area contributed by atoms with Gasteiger partial charge in [0.15, 0.2) is 0 Å². The van der Waals surface area contributed by atoms with Crippen molar-refractivity contribution in [2.24, 2.45) is 0 Å². The number of pyridine rings is 1. The monoisotopic (exact) mass is 260 g/mol. The molecule has 2 N–H and O–H groups in total. The minimum Gasteiger partial charge on any atom is -0.398 e. The zero-order valence-corrected chi connectivity index (χ0v) is 12.0. The Labute approximate surface area is 115 Å². The summed E-state index contributed by atoms with van der Waals surface area (Å²) in [5.74, 6) is 0. The van der Waals surface area contributed by atoms with E-state index in [0.717, 1.165) is 41.6 Å². The summed E-state index contributed by atoms with van der Waals surface area (Å²) in [6, 6.07) is 0.775. The van der Waals surface area contributed by atoms with Crippen LogP contribution in [0.4, 0.5) is 5.69 Å². The van der Waals surface area contributed by atoms with Gasteiger partial charge in [0.25, 0.3) is 0 Å². The molecule has 1 atom stereocenters. The zero-order valence-electron chi connectivity index (χ0n) is 12.0. The largest absolute Gasteiger partial charge is 0.398 e. The van der Waals surface area contributed by atoms with Gasteiger partial charge in [0.2, 0.25) is 0 Å². The Kier molecular flexibility index (Phi) is 3.46. The molecule has 0 amide bonds. The fraction of sp³-hybridized carbons (Fsp3) is 0.667. The second-order valence-electron chi connectivity index (χ2n) is 5.99. The Bertz CT molecular complexity index is 471. The van der Waals surface area contributed by atoms with Crippen molar-refractivity contribution < 1.29 is 0 Å². The lowest BCUT2D eigenvalue weighted by atomic mass is 10.1. The van der Waals surface area contributed by atoms with E-state index in [1.165, 1.54) is 32.5 Å². The van der Waals surface area contributed by atoms with Gasteiger partial charge in [-0.3, -0.25) is 14.8 Å². The number of nitrogens with two attached hydrogens (primary N) is 1. The van der Waals surface area contributed by atoms with Crippen molar-refractivity contribution in [2.75, 3.05) is 31.9 Å². The van der Waals surface area contributed by atoms with E-state index in [2.05, 4.69) is 21.7 Å². The predicted molar refractivity (Wildman–Crippen MR) is 78.0 cm³/mol. The number of hydrogen-bond donors (Lipinski definition) is 1. The van der Waals surface area contributed by atoms with Crippen LogP contribution in [0.2, 0.25) is 0 Å². The van der Waals surface area contributed by atoms with Crippen LogP contribution in [0.15, 0.2) is 6.20 Å². The van der Waals surface area contributed by atoms with E-state index in [1.807, 2.05) is 13.1 Å². The van der Waals surface area contributed by atoms with Crippen LogP contribution >= 0.6 is 0 Å². The van der Waals surface area contributed by atoms with Crippen LogP contribution in [0.3, 0.4) is 0 Å².